The Hall–Kier alpha value is -1.30. The summed E-state index contributed by atoms with van der Waals surface area (Å²) < 4.78 is 5.40. The molecule has 3 atom stereocenters. The predicted octanol–water partition coefficient (Wildman–Crippen LogP) is 1.35. The van der Waals surface area contributed by atoms with E-state index in [9.17, 15) is 9.59 Å². The van der Waals surface area contributed by atoms with Crippen LogP contribution in [0.3, 0.4) is 0 Å². The van der Waals surface area contributed by atoms with Gasteiger partial charge in [0.2, 0.25) is 0 Å². The van der Waals surface area contributed by atoms with Crippen molar-refractivity contribution >= 4 is 12.0 Å². The molecular weight excluding hydrogens is 248 g/mol. The second-order valence-corrected chi connectivity index (χ2v) is 5.54. The maximum atomic E-state index is 11.8. The number of rotatable bonds is 5. The third-order valence-corrected chi connectivity index (χ3v) is 3.13. The van der Waals surface area contributed by atoms with Crippen LogP contribution in [0.4, 0.5) is 4.79 Å². The summed E-state index contributed by atoms with van der Waals surface area (Å²) >= 11 is 0. The minimum Gasteiger partial charge on any atom is -0.480 e. The first kappa shape index (κ1) is 15.8. The van der Waals surface area contributed by atoms with Crippen LogP contribution >= 0.6 is 0 Å². The van der Waals surface area contributed by atoms with Gasteiger partial charge in [-0.25, -0.2) is 9.59 Å². The van der Waals surface area contributed by atoms with Crippen LogP contribution in [0.1, 0.15) is 40.0 Å². The highest BCUT2D eigenvalue weighted by Gasteiger charge is 2.24. The van der Waals surface area contributed by atoms with Gasteiger partial charge in [-0.15, -0.1) is 0 Å². The summed E-state index contributed by atoms with van der Waals surface area (Å²) in [6.45, 7) is 6.44. The number of ether oxygens (including phenoxy) is 1. The van der Waals surface area contributed by atoms with E-state index in [2.05, 4.69) is 10.6 Å². The van der Waals surface area contributed by atoms with E-state index < -0.39 is 18.0 Å². The first-order chi connectivity index (χ1) is 8.88. The minimum atomic E-state index is -0.996. The molecule has 0 aliphatic carbocycles. The molecule has 6 nitrogen and oxygen atoms in total. The molecular formula is C13H24N2O4. The number of carbonyl (C=O) groups excluding carboxylic acids is 1. The molecule has 1 rings (SSSR count). The Morgan fingerprint density at radius 3 is 2.63 bits per heavy atom. The van der Waals surface area contributed by atoms with Gasteiger partial charge in [0.05, 0.1) is 6.10 Å². The minimum absolute atomic E-state index is 0.0530. The zero-order valence-corrected chi connectivity index (χ0v) is 11.8. The number of amides is 2. The van der Waals surface area contributed by atoms with Gasteiger partial charge < -0.3 is 20.5 Å². The number of carboxylic acid groups (broad SMARTS) is 1. The lowest BCUT2D eigenvalue weighted by molar-refractivity contribution is -0.139. The lowest BCUT2D eigenvalue weighted by Gasteiger charge is -2.28. The van der Waals surface area contributed by atoms with Crippen LogP contribution in [0.15, 0.2) is 0 Å². The number of carbonyl (C=O) groups is 2. The Kier molecular flexibility index (Phi) is 6.08. The number of nitrogens with one attached hydrogen (secondary N) is 2. The van der Waals surface area contributed by atoms with Crippen molar-refractivity contribution in [1.29, 1.82) is 0 Å². The van der Waals surface area contributed by atoms with Crippen molar-refractivity contribution in [2.45, 2.75) is 58.2 Å². The van der Waals surface area contributed by atoms with Gasteiger partial charge in [0.15, 0.2) is 0 Å². The van der Waals surface area contributed by atoms with Gasteiger partial charge in [0, 0.05) is 12.6 Å². The molecule has 2 amide bonds. The van der Waals surface area contributed by atoms with E-state index in [1.807, 2.05) is 20.8 Å². The summed E-state index contributed by atoms with van der Waals surface area (Å²) in [4.78, 5) is 22.8. The number of aliphatic carboxylic acids is 1. The second kappa shape index (κ2) is 7.33. The lowest BCUT2D eigenvalue weighted by Crippen LogP contribution is -2.51. The fraction of sp³-hybridized carbons (Fsp3) is 0.846. The van der Waals surface area contributed by atoms with Gasteiger partial charge in [-0.2, -0.15) is 0 Å². The third-order valence-electron chi connectivity index (χ3n) is 3.13. The van der Waals surface area contributed by atoms with Crippen molar-refractivity contribution in [3.05, 3.63) is 0 Å². The van der Waals surface area contributed by atoms with Gasteiger partial charge >= 0.3 is 12.0 Å². The topological polar surface area (TPSA) is 87.7 Å². The molecule has 0 spiro atoms. The molecule has 2 unspecified atom stereocenters. The van der Waals surface area contributed by atoms with Crippen LogP contribution in [0.2, 0.25) is 0 Å². The van der Waals surface area contributed by atoms with Gasteiger partial charge in [0.1, 0.15) is 6.04 Å². The quantitative estimate of drug-likeness (QED) is 0.705. The molecule has 6 heteroatoms. The van der Waals surface area contributed by atoms with Crippen molar-refractivity contribution < 1.29 is 19.4 Å². The standard InChI is InChI=1S/C13H24N2O4/c1-8(2)6-11(12(16)17)15-13(18)14-10-4-5-19-9(3)7-10/h8-11H,4-7H2,1-3H3,(H,16,17)(H2,14,15,18)/t9?,10?,11-/m1/s1. The Bertz CT molecular complexity index is 320. The molecule has 110 valence electrons. The zero-order valence-electron chi connectivity index (χ0n) is 11.8. The smallest absolute Gasteiger partial charge is 0.326 e. The molecule has 0 saturated carbocycles. The first-order valence-electron chi connectivity index (χ1n) is 6.80. The molecule has 1 fully saturated rings. The Morgan fingerprint density at radius 2 is 2.11 bits per heavy atom. The van der Waals surface area contributed by atoms with Crippen LogP contribution in [0.25, 0.3) is 0 Å². The summed E-state index contributed by atoms with van der Waals surface area (Å²) in [6.07, 6.45) is 2.08. The van der Waals surface area contributed by atoms with Crippen LogP contribution in [0.5, 0.6) is 0 Å². The highest BCUT2D eigenvalue weighted by atomic mass is 16.5. The van der Waals surface area contributed by atoms with Crippen LogP contribution in [0, 0.1) is 5.92 Å². The molecule has 0 radical (unpaired) electrons. The fourth-order valence-corrected chi connectivity index (χ4v) is 2.21. The summed E-state index contributed by atoms with van der Waals surface area (Å²) in [5.74, 6) is -0.784. The Labute approximate surface area is 113 Å². The average Bonchev–Trinajstić information content (AvgIpc) is 2.27. The highest BCUT2D eigenvalue weighted by Crippen LogP contribution is 2.13. The van der Waals surface area contributed by atoms with E-state index in [0.717, 1.165) is 12.8 Å². The summed E-state index contributed by atoms with van der Waals surface area (Å²) in [7, 11) is 0. The zero-order chi connectivity index (χ0) is 14.4. The maximum Gasteiger partial charge on any atom is 0.326 e. The van der Waals surface area contributed by atoms with E-state index in [-0.39, 0.29) is 18.1 Å². The van der Waals surface area contributed by atoms with Gasteiger partial charge in [-0.05, 0) is 32.1 Å². The van der Waals surface area contributed by atoms with Crippen molar-refractivity contribution in [3.63, 3.8) is 0 Å². The monoisotopic (exact) mass is 272 g/mol. The second-order valence-electron chi connectivity index (χ2n) is 5.54. The summed E-state index contributed by atoms with van der Waals surface area (Å²) in [5, 5.41) is 14.4. The molecule has 0 bridgehead atoms. The largest absolute Gasteiger partial charge is 0.480 e. The van der Waals surface area contributed by atoms with Crippen molar-refractivity contribution in [1.82, 2.24) is 10.6 Å². The number of urea groups is 1. The lowest BCUT2D eigenvalue weighted by atomic mass is 10.0. The normalized spacial score (nSPS) is 24.8. The molecule has 19 heavy (non-hydrogen) atoms. The van der Waals surface area contributed by atoms with Crippen molar-refractivity contribution in [3.8, 4) is 0 Å². The van der Waals surface area contributed by atoms with Gasteiger partial charge in [-0.3, -0.25) is 0 Å². The van der Waals surface area contributed by atoms with Crippen LogP contribution in [-0.4, -0.2) is 41.9 Å². The molecule has 0 aromatic rings. The number of hydrogen-bond donors (Lipinski definition) is 3. The SMILES string of the molecule is CC(C)C[C@@H](NC(=O)NC1CCOC(C)C1)C(=O)O. The molecule has 0 aromatic carbocycles. The van der Waals surface area contributed by atoms with Crippen LogP contribution in [-0.2, 0) is 9.53 Å². The summed E-state index contributed by atoms with van der Waals surface area (Å²) in [5.41, 5.74) is 0. The number of carboxylic acids is 1. The maximum absolute atomic E-state index is 11.8. The third kappa shape index (κ3) is 5.92. The average molecular weight is 272 g/mol. The molecule has 1 saturated heterocycles. The van der Waals surface area contributed by atoms with Crippen LogP contribution < -0.4 is 10.6 Å². The van der Waals surface area contributed by atoms with E-state index in [4.69, 9.17) is 9.84 Å². The van der Waals surface area contributed by atoms with Gasteiger partial charge in [0.25, 0.3) is 0 Å². The molecule has 3 N–H and O–H groups in total. The first-order valence-corrected chi connectivity index (χ1v) is 6.80. The van der Waals surface area contributed by atoms with Crippen molar-refractivity contribution in [2.24, 2.45) is 5.92 Å². The molecule has 1 aliphatic rings. The van der Waals surface area contributed by atoms with E-state index in [1.54, 1.807) is 0 Å². The van der Waals surface area contributed by atoms with E-state index in [0.29, 0.717) is 13.0 Å². The molecule has 0 aromatic heterocycles. The Balaban J connectivity index is 2.41. The van der Waals surface area contributed by atoms with Gasteiger partial charge in [-0.1, -0.05) is 13.8 Å². The summed E-state index contributed by atoms with van der Waals surface area (Å²) in [6, 6.07) is -1.19. The predicted molar refractivity (Wildman–Crippen MR) is 71.0 cm³/mol. The fourth-order valence-electron chi connectivity index (χ4n) is 2.21. The number of hydrogen-bond acceptors (Lipinski definition) is 3. The highest BCUT2D eigenvalue weighted by molar-refractivity contribution is 5.82. The Morgan fingerprint density at radius 1 is 1.42 bits per heavy atom. The van der Waals surface area contributed by atoms with E-state index >= 15 is 0 Å². The van der Waals surface area contributed by atoms with Crippen molar-refractivity contribution in [2.75, 3.05) is 6.61 Å². The molecule has 1 heterocycles. The van der Waals surface area contributed by atoms with E-state index in [1.165, 1.54) is 0 Å². The molecule has 1 aliphatic heterocycles.